The lowest BCUT2D eigenvalue weighted by Crippen LogP contribution is -2.55. The lowest BCUT2D eigenvalue weighted by molar-refractivity contribution is -0.131. The van der Waals surface area contributed by atoms with Crippen molar-refractivity contribution in [1.29, 1.82) is 0 Å². The van der Waals surface area contributed by atoms with Crippen molar-refractivity contribution in [1.82, 2.24) is 15.1 Å². The summed E-state index contributed by atoms with van der Waals surface area (Å²) in [4.78, 5) is 26.4. The Kier molecular flexibility index (Phi) is 6.68. The van der Waals surface area contributed by atoms with Crippen molar-refractivity contribution in [3.8, 4) is 0 Å². The van der Waals surface area contributed by atoms with Crippen LogP contribution in [0.15, 0.2) is 30.3 Å². The van der Waals surface area contributed by atoms with Crippen LogP contribution >= 0.6 is 11.6 Å². The molecule has 0 radical (unpaired) electrons. The summed E-state index contributed by atoms with van der Waals surface area (Å²) >= 11 is 5.66. The Labute approximate surface area is 136 Å². The molecule has 1 aromatic rings. The average Bonchev–Trinajstić information content (AvgIpc) is 2.56. The van der Waals surface area contributed by atoms with Crippen molar-refractivity contribution >= 4 is 23.9 Å². The highest BCUT2D eigenvalue weighted by molar-refractivity contribution is 6.27. The molecule has 0 saturated carbocycles. The van der Waals surface area contributed by atoms with Crippen LogP contribution in [0.2, 0.25) is 0 Å². The lowest BCUT2D eigenvalue weighted by atomic mass is 10.1. The zero-order valence-electron chi connectivity index (χ0n) is 12.6. The minimum atomic E-state index is -0.0191. The monoisotopic (exact) mass is 323 g/mol. The first-order chi connectivity index (χ1) is 10.7. The van der Waals surface area contributed by atoms with Gasteiger partial charge in [0.05, 0.1) is 0 Å². The maximum absolute atomic E-state index is 11.8. The second-order valence-corrected chi connectivity index (χ2v) is 5.71. The van der Waals surface area contributed by atoms with Crippen LogP contribution in [0.25, 0.3) is 0 Å². The van der Waals surface area contributed by atoms with Crippen LogP contribution in [0, 0.1) is 0 Å². The predicted octanol–water partition coefficient (Wildman–Crippen LogP) is 1.07. The van der Waals surface area contributed by atoms with E-state index < -0.39 is 0 Å². The summed E-state index contributed by atoms with van der Waals surface area (Å²) in [5.74, 6) is 0.00669. The number of piperazine rings is 1. The summed E-state index contributed by atoms with van der Waals surface area (Å²) < 4.78 is 0. The Balaban J connectivity index is 1.99. The fourth-order valence-corrected chi connectivity index (χ4v) is 2.98. The number of hydrogen-bond donors (Lipinski definition) is 1. The van der Waals surface area contributed by atoms with Gasteiger partial charge in [-0.3, -0.25) is 14.5 Å². The minimum Gasteiger partial charge on any atom is -0.359 e. The lowest BCUT2D eigenvalue weighted by Gasteiger charge is -2.41. The minimum absolute atomic E-state index is 0.0191. The van der Waals surface area contributed by atoms with Crippen LogP contribution in [0.3, 0.4) is 0 Å². The molecular formula is C16H22ClN3O2. The molecule has 0 unspecified atom stereocenters. The maximum Gasteiger partial charge on any atom is 0.237 e. The van der Waals surface area contributed by atoms with E-state index in [4.69, 9.17) is 11.6 Å². The van der Waals surface area contributed by atoms with E-state index >= 15 is 0 Å². The number of alkyl halides is 1. The van der Waals surface area contributed by atoms with Gasteiger partial charge in [0, 0.05) is 38.8 Å². The van der Waals surface area contributed by atoms with Gasteiger partial charge in [-0.1, -0.05) is 30.3 Å². The third-order valence-corrected chi connectivity index (χ3v) is 4.23. The number of benzene rings is 1. The van der Waals surface area contributed by atoms with Crippen molar-refractivity contribution in [3.05, 3.63) is 35.9 Å². The zero-order valence-corrected chi connectivity index (χ0v) is 13.3. The first kappa shape index (κ1) is 16.8. The molecule has 0 bridgehead atoms. The molecule has 0 aromatic heterocycles. The summed E-state index contributed by atoms with van der Waals surface area (Å²) in [5, 5.41) is 2.70. The number of hydrogen-bond acceptors (Lipinski definition) is 3. The molecule has 120 valence electrons. The fraction of sp³-hybridized carbons (Fsp3) is 0.500. The van der Waals surface area contributed by atoms with Gasteiger partial charge in [-0.05, 0) is 12.0 Å². The van der Waals surface area contributed by atoms with Gasteiger partial charge >= 0.3 is 0 Å². The Morgan fingerprint density at radius 2 is 2.09 bits per heavy atom. The third kappa shape index (κ3) is 4.71. The van der Waals surface area contributed by atoms with E-state index in [-0.39, 0.29) is 17.8 Å². The molecule has 0 spiro atoms. The molecule has 1 atom stereocenters. The highest BCUT2D eigenvalue weighted by Crippen LogP contribution is 2.17. The molecule has 0 aliphatic carbocycles. The molecule has 1 heterocycles. The van der Waals surface area contributed by atoms with E-state index in [2.05, 4.69) is 22.3 Å². The second kappa shape index (κ2) is 8.76. The Morgan fingerprint density at radius 3 is 2.77 bits per heavy atom. The molecular weight excluding hydrogens is 302 g/mol. The molecule has 1 saturated heterocycles. The van der Waals surface area contributed by atoms with E-state index in [1.54, 1.807) is 0 Å². The van der Waals surface area contributed by atoms with Gasteiger partial charge in [0.25, 0.3) is 0 Å². The molecule has 1 fully saturated rings. The second-order valence-electron chi connectivity index (χ2n) is 5.44. The van der Waals surface area contributed by atoms with Crippen LogP contribution in [0.1, 0.15) is 12.0 Å². The average molecular weight is 324 g/mol. The zero-order chi connectivity index (χ0) is 15.8. The van der Waals surface area contributed by atoms with Gasteiger partial charge in [-0.15, -0.1) is 11.6 Å². The normalized spacial score (nSPS) is 19.0. The van der Waals surface area contributed by atoms with Crippen LogP contribution in [-0.4, -0.2) is 60.2 Å². The number of amides is 2. The van der Waals surface area contributed by atoms with Gasteiger partial charge < -0.3 is 10.2 Å². The number of carbonyl (C=O) groups excluding carboxylic acids is 2. The maximum atomic E-state index is 11.8. The molecule has 22 heavy (non-hydrogen) atoms. The van der Waals surface area contributed by atoms with Gasteiger partial charge in [0.2, 0.25) is 12.3 Å². The highest BCUT2D eigenvalue weighted by Gasteiger charge is 2.28. The van der Waals surface area contributed by atoms with Crippen LogP contribution in [0.4, 0.5) is 0 Å². The number of nitrogens with zero attached hydrogens (tertiary/aromatic N) is 2. The summed E-state index contributed by atoms with van der Waals surface area (Å²) in [5.41, 5.74) is 1.26. The van der Waals surface area contributed by atoms with Crippen LogP contribution < -0.4 is 5.32 Å². The summed E-state index contributed by atoms with van der Waals surface area (Å²) in [6, 6.07) is 10.5. The van der Waals surface area contributed by atoms with E-state index in [0.717, 1.165) is 19.5 Å². The molecule has 5 nitrogen and oxygen atoms in total. The molecule has 2 amide bonds. The van der Waals surface area contributed by atoms with Gasteiger partial charge in [0.1, 0.15) is 5.88 Å². The van der Waals surface area contributed by atoms with Gasteiger partial charge in [-0.2, -0.15) is 0 Å². The summed E-state index contributed by atoms with van der Waals surface area (Å²) in [6.45, 7) is 3.66. The SMILES string of the molecule is O=CNCC[C@@H]1CN(C(=O)CCl)CCN1Cc1ccccc1. The van der Waals surface area contributed by atoms with E-state index in [9.17, 15) is 9.59 Å². The van der Waals surface area contributed by atoms with Gasteiger partial charge in [0.15, 0.2) is 0 Å². The predicted molar refractivity (Wildman–Crippen MR) is 86.6 cm³/mol. The summed E-state index contributed by atoms with van der Waals surface area (Å²) in [6.07, 6.45) is 1.53. The molecule has 1 N–H and O–H groups in total. The molecule has 2 rings (SSSR count). The Bertz CT molecular complexity index is 484. The van der Waals surface area contributed by atoms with Crippen molar-refractivity contribution in [2.75, 3.05) is 32.1 Å². The van der Waals surface area contributed by atoms with E-state index in [0.29, 0.717) is 26.0 Å². The number of carbonyl (C=O) groups is 2. The third-order valence-electron chi connectivity index (χ3n) is 4.01. The number of halogens is 1. The Hall–Kier alpha value is -1.59. The van der Waals surface area contributed by atoms with Gasteiger partial charge in [-0.25, -0.2) is 0 Å². The highest BCUT2D eigenvalue weighted by atomic mass is 35.5. The first-order valence-corrected chi connectivity index (χ1v) is 8.06. The van der Waals surface area contributed by atoms with Crippen LogP contribution in [0.5, 0.6) is 0 Å². The smallest absolute Gasteiger partial charge is 0.237 e. The van der Waals surface area contributed by atoms with Crippen molar-refractivity contribution in [2.45, 2.75) is 19.0 Å². The number of rotatable bonds is 7. The van der Waals surface area contributed by atoms with Crippen molar-refractivity contribution < 1.29 is 9.59 Å². The van der Waals surface area contributed by atoms with Crippen molar-refractivity contribution in [2.24, 2.45) is 0 Å². The molecule has 6 heteroatoms. The van der Waals surface area contributed by atoms with Crippen LogP contribution in [-0.2, 0) is 16.1 Å². The largest absolute Gasteiger partial charge is 0.359 e. The van der Waals surface area contributed by atoms with Crippen molar-refractivity contribution in [3.63, 3.8) is 0 Å². The van der Waals surface area contributed by atoms with E-state index in [1.807, 2.05) is 23.1 Å². The molecule has 1 aliphatic rings. The standard InChI is InChI=1S/C16H22ClN3O2/c17-10-16(22)20-9-8-19(11-14-4-2-1-3-5-14)15(12-20)6-7-18-13-21/h1-5,13,15H,6-12H2,(H,18,21)/t15-/m1/s1. The topological polar surface area (TPSA) is 52.7 Å². The fourth-order valence-electron chi connectivity index (χ4n) is 2.81. The quantitative estimate of drug-likeness (QED) is 0.464. The van der Waals surface area contributed by atoms with E-state index in [1.165, 1.54) is 5.56 Å². The first-order valence-electron chi connectivity index (χ1n) is 7.53. The molecule has 1 aliphatic heterocycles. The number of nitrogens with one attached hydrogen (secondary N) is 1. The Morgan fingerprint density at radius 1 is 1.32 bits per heavy atom. The summed E-state index contributed by atoms with van der Waals surface area (Å²) in [7, 11) is 0. The molecule has 1 aromatic carbocycles.